The summed E-state index contributed by atoms with van der Waals surface area (Å²) in [6.45, 7) is 5.75. The molecule has 0 saturated heterocycles. The number of nitrogens with zero attached hydrogens (tertiary/aromatic N) is 1. The van der Waals surface area contributed by atoms with Gasteiger partial charge >= 0.3 is 5.97 Å². The van der Waals surface area contributed by atoms with Gasteiger partial charge in [0.05, 0.1) is 17.7 Å². The van der Waals surface area contributed by atoms with Crippen LogP contribution in [0.2, 0.25) is 5.02 Å². The first-order chi connectivity index (χ1) is 7.07. The van der Waals surface area contributed by atoms with Crippen molar-refractivity contribution in [3.8, 4) is 0 Å². The van der Waals surface area contributed by atoms with Gasteiger partial charge in [0, 0.05) is 6.20 Å². The Kier molecular flexibility index (Phi) is 6.52. The molecule has 0 radical (unpaired) electrons. The number of carbonyl (C=O) groups excluding carboxylic acids is 1. The Labute approximate surface area is 103 Å². The van der Waals surface area contributed by atoms with Gasteiger partial charge in [0.1, 0.15) is 4.60 Å². The highest BCUT2D eigenvalue weighted by molar-refractivity contribution is 9.10. The molecule has 15 heavy (non-hydrogen) atoms. The minimum Gasteiger partial charge on any atom is -0.465 e. The van der Waals surface area contributed by atoms with E-state index in [1.165, 1.54) is 13.3 Å². The van der Waals surface area contributed by atoms with E-state index in [-0.39, 0.29) is 0 Å². The van der Waals surface area contributed by atoms with E-state index < -0.39 is 5.97 Å². The molecule has 1 aromatic heterocycles. The lowest BCUT2D eigenvalue weighted by atomic mass is 10.1. The summed E-state index contributed by atoms with van der Waals surface area (Å²) in [6, 6.07) is 0. The fourth-order valence-corrected chi connectivity index (χ4v) is 1.48. The summed E-state index contributed by atoms with van der Waals surface area (Å²) in [7, 11) is 1.31. The molecule has 0 amide bonds. The molecule has 0 spiro atoms. The summed E-state index contributed by atoms with van der Waals surface area (Å²) in [6.07, 6.45) is 1.41. The Bertz CT molecular complexity index is 356. The molecule has 3 nitrogen and oxygen atoms in total. The summed E-state index contributed by atoms with van der Waals surface area (Å²) in [5.74, 6) is -0.453. The van der Waals surface area contributed by atoms with E-state index in [0.717, 1.165) is 0 Å². The maximum Gasteiger partial charge on any atom is 0.339 e. The van der Waals surface area contributed by atoms with E-state index in [2.05, 4.69) is 25.7 Å². The van der Waals surface area contributed by atoms with Gasteiger partial charge in [-0.25, -0.2) is 9.78 Å². The average Bonchev–Trinajstić information content (AvgIpc) is 2.26. The minimum atomic E-state index is -0.453. The number of ether oxygens (including phenoxy) is 1. The third kappa shape index (κ3) is 3.47. The molecule has 0 aliphatic rings. The summed E-state index contributed by atoms with van der Waals surface area (Å²) < 4.78 is 5.18. The highest BCUT2D eigenvalue weighted by Crippen LogP contribution is 2.24. The van der Waals surface area contributed by atoms with Crippen LogP contribution in [-0.2, 0) is 4.74 Å². The highest BCUT2D eigenvalue weighted by atomic mass is 79.9. The number of hydrogen-bond donors (Lipinski definition) is 0. The van der Waals surface area contributed by atoms with Gasteiger partial charge in [-0.3, -0.25) is 0 Å². The minimum absolute atomic E-state index is 0.299. The first kappa shape index (κ1) is 14.4. The Hall–Kier alpha value is -0.610. The lowest BCUT2D eigenvalue weighted by Crippen LogP contribution is -2.06. The second-order valence-electron chi connectivity index (χ2n) is 2.39. The van der Waals surface area contributed by atoms with Crippen LogP contribution in [0.25, 0.3) is 0 Å². The molecule has 0 aliphatic heterocycles. The Morgan fingerprint density at radius 3 is 2.53 bits per heavy atom. The third-order valence-electron chi connectivity index (χ3n) is 1.60. The van der Waals surface area contributed by atoms with Crippen LogP contribution in [0.4, 0.5) is 0 Å². The van der Waals surface area contributed by atoms with Crippen LogP contribution < -0.4 is 0 Å². The first-order valence-electron chi connectivity index (χ1n) is 4.46. The van der Waals surface area contributed by atoms with E-state index in [4.69, 9.17) is 11.6 Å². The van der Waals surface area contributed by atoms with Crippen molar-refractivity contribution >= 4 is 33.5 Å². The second kappa shape index (κ2) is 6.80. The maximum absolute atomic E-state index is 11.3. The van der Waals surface area contributed by atoms with Crippen LogP contribution >= 0.6 is 27.5 Å². The summed E-state index contributed by atoms with van der Waals surface area (Å²) in [5.41, 5.74) is 1.03. The summed E-state index contributed by atoms with van der Waals surface area (Å²) >= 11 is 8.99. The molecule has 0 N–H and O–H groups in total. The van der Waals surface area contributed by atoms with E-state index in [1.54, 1.807) is 6.92 Å². The van der Waals surface area contributed by atoms with Crippen molar-refractivity contribution < 1.29 is 9.53 Å². The third-order valence-corrected chi connectivity index (χ3v) is 2.69. The predicted octanol–water partition coefficient (Wildman–Crippen LogP) is 3.62. The molecule has 5 heteroatoms. The van der Waals surface area contributed by atoms with Gasteiger partial charge in [-0.1, -0.05) is 25.4 Å². The van der Waals surface area contributed by atoms with Crippen LogP contribution in [0.5, 0.6) is 0 Å². The molecular formula is C10H13BrClNO2. The zero-order valence-electron chi connectivity index (χ0n) is 9.10. The van der Waals surface area contributed by atoms with E-state index in [9.17, 15) is 4.79 Å². The van der Waals surface area contributed by atoms with Crippen molar-refractivity contribution in [2.45, 2.75) is 20.8 Å². The van der Waals surface area contributed by atoms with Crippen LogP contribution in [-0.4, -0.2) is 18.1 Å². The average molecular weight is 295 g/mol. The Morgan fingerprint density at radius 1 is 1.53 bits per heavy atom. The zero-order valence-corrected chi connectivity index (χ0v) is 11.4. The number of esters is 1. The lowest BCUT2D eigenvalue weighted by molar-refractivity contribution is 0.0600. The van der Waals surface area contributed by atoms with Crippen molar-refractivity contribution in [2.75, 3.05) is 7.11 Å². The van der Waals surface area contributed by atoms with Gasteiger partial charge in [0.2, 0.25) is 0 Å². The molecular weight excluding hydrogens is 281 g/mol. The molecule has 0 atom stereocenters. The maximum atomic E-state index is 11.3. The van der Waals surface area contributed by atoms with Crippen molar-refractivity contribution in [2.24, 2.45) is 0 Å². The quantitative estimate of drug-likeness (QED) is 0.586. The zero-order chi connectivity index (χ0) is 12.0. The largest absolute Gasteiger partial charge is 0.465 e. The molecule has 84 valence electrons. The molecule has 1 rings (SSSR count). The summed E-state index contributed by atoms with van der Waals surface area (Å²) in [5, 5.41) is 0.299. The predicted molar refractivity (Wildman–Crippen MR) is 64.4 cm³/mol. The van der Waals surface area contributed by atoms with E-state index in [1.807, 2.05) is 13.8 Å². The molecule has 0 bridgehead atoms. The second-order valence-corrected chi connectivity index (χ2v) is 3.55. The number of rotatable bonds is 1. The van der Waals surface area contributed by atoms with Gasteiger partial charge in [-0.05, 0) is 28.4 Å². The number of pyridine rings is 1. The van der Waals surface area contributed by atoms with Crippen LogP contribution in [0.1, 0.15) is 29.8 Å². The number of aromatic nitrogens is 1. The lowest BCUT2D eigenvalue weighted by Gasteiger charge is -2.06. The van der Waals surface area contributed by atoms with E-state index >= 15 is 0 Å². The molecule has 1 aromatic rings. The number of hydrogen-bond acceptors (Lipinski definition) is 3. The van der Waals surface area contributed by atoms with Gasteiger partial charge in [0.25, 0.3) is 0 Å². The standard InChI is InChI=1S/C8H7BrClNO2.C2H6/c1-4-6(8(12)13-2)5(10)3-11-7(4)9;1-2/h3H,1-2H3;1-2H3. The molecule has 0 unspecified atom stereocenters. The van der Waals surface area contributed by atoms with Gasteiger partial charge in [0.15, 0.2) is 0 Å². The van der Waals surface area contributed by atoms with Crippen molar-refractivity contribution in [3.05, 3.63) is 26.9 Å². The molecule has 1 heterocycles. The van der Waals surface area contributed by atoms with Crippen LogP contribution in [0, 0.1) is 6.92 Å². The molecule has 0 aromatic carbocycles. The smallest absolute Gasteiger partial charge is 0.339 e. The summed E-state index contributed by atoms with van der Waals surface area (Å²) in [4.78, 5) is 15.2. The first-order valence-corrected chi connectivity index (χ1v) is 5.64. The molecule has 0 aliphatic carbocycles. The van der Waals surface area contributed by atoms with Crippen molar-refractivity contribution in [1.82, 2.24) is 4.98 Å². The van der Waals surface area contributed by atoms with E-state index in [0.29, 0.717) is 20.8 Å². The van der Waals surface area contributed by atoms with Crippen molar-refractivity contribution in [3.63, 3.8) is 0 Å². The Morgan fingerprint density at radius 2 is 2.07 bits per heavy atom. The van der Waals surface area contributed by atoms with Crippen molar-refractivity contribution in [1.29, 1.82) is 0 Å². The number of carbonyl (C=O) groups is 1. The number of halogens is 2. The molecule has 0 saturated carbocycles. The number of methoxy groups -OCH3 is 1. The van der Waals surface area contributed by atoms with Gasteiger partial charge in [-0.15, -0.1) is 0 Å². The normalized spacial score (nSPS) is 8.93. The van der Waals surface area contributed by atoms with Crippen LogP contribution in [0.15, 0.2) is 10.8 Å². The monoisotopic (exact) mass is 293 g/mol. The topological polar surface area (TPSA) is 39.2 Å². The molecule has 0 fully saturated rings. The van der Waals surface area contributed by atoms with Gasteiger partial charge < -0.3 is 4.74 Å². The van der Waals surface area contributed by atoms with Gasteiger partial charge in [-0.2, -0.15) is 0 Å². The van der Waals surface area contributed by atoms with Crippen LogP contribution in [0.3, 0.4) is 0 Å². The fourth-order valence-electron chi connectivity index (χ4n) is 0.910. The Balaban J connectivity index is 0.000000921. The highest BCUT2D eigenvalue weighted by Gasteiger charge is 2.16. The fraction of sp³-hybridized carbons (Fsp3) is 0.400. The SMILES string of the molecule is CC.COC(=O)c1c(Cl)cnc(Br)c1C.